The Kier molecular flexibility index (Phi) is 3.23. The lowest BCUT2D eigenvalue weighted by Crippen LogP contribution is -2.13. The van der Waals surface area contributed by atoms with E-state index in [0.717, 1.165) is 0 Å². The van der Waals surface area contributed by atoms with Gasteiger partial charge in [-0.05, 0) is 25.5 Å². The summed E-state index contributed by atoms with van der Waals surface area (Å²) in [6, 6.07) is 2.76. The van der Waals surface area contributed by atoms with Crippen LogP contribution in [0, 0.1) is 13.8 Å². The van der Waals surface area contributed by atoms with Gasteiger partial charge in [-0.1, -0.05) is 0 Å². The van der Waals surface area contributed by atoms with E-state index in [1.54, 1.807) is 13.8 Å². The van der Waals surface area contributed by atoms with Crippen LogP contribution in [0.25, 0.3) is 0 Å². The fourth-order valence-corrected chi connectivity index (χ4v) is 1.53. The lowest BCUT2D eigenvalue weighted by molar-refractivity contribution is 0.449. The molecule has 0 spiro atoms. The number of rotatable bonds is 3. The van der Waals surface area contributed by atoms with Crippen LogP contribution >= 0.6 is 0 Å². The summed E-state index contributed by atoms with van der Waals surface area (Å²) in [7, 11) is 0. The largest absolute Gasteiger partial charge is 0.508 e. The molecule has 100 valence electrons. The van der Waals surface area contributed by atoms with Gasteiger partial charge >= 0.3 is 0 Å². The Morgan fingerprint density at radius 3 is 2.63 bits per heavy atom. The molecule has 0 aliphatic carbocycles. The van der Waals surface area contributed by atoms with Crippen LogP contribution < -0.4 is 11.3 Å². The molecule has 0 aliphatic rings. The van der Waals surface area contributed by atoms with Gasteiger partial charge in [0.15, 0.2) is 5.82 Å². The number of phenolic OH excluding ortho intramolecular Hbond substituents is 2. The van der Waals surface area contributed by atoms with Crippen LogP contribution in [0.3, 0.4) is 0 Å². The highest BCUT2D eigenvalue weighted by molar-refractivity contribution is 5.86. The second-order valence-corrected chi connectivity index (χ2v) is 4.01. The maximum atomic E-state index is 9.69. The van der Waals surface area contributed by atoms with Gasteiger partial charge < -0.3 is 16.1 Å². The summed E-state index contributed by atoms with van der Waals surface area (Å²) in [4.78, 5) is 0. The Morgan fingerprint density at radius 1 is 1.32 bits per heavy atom. The van der Waals surface area contributed by atoms with E-state index < -0.39 is 0 Å². The first-order valence-electron chi connectivity index (χ1n) is 5.48. The quantitative estimate of drug-likeness (QED) is 0.362. The molecule has 2 aromatic rings. The maximum Gasteiger partial charge on any atom is 0.263 e. The minimum atomic E-state index is -0.0616. The standard InChI is InChI=1S/C11H14N6O2/c1-6-3-8(18)4-10(19)9(6)5-13-15-11-16-14-7(2)17(11)12/h3-5,18-19H,12H2,1-2H3,(H,15,16). The summed E-state index contributed by atoms with van der Waals surface area (Å²) in [5, 5.41) is 30.4. The first kappa shape index (κ1) is 12.7. The fourth-order valence-electron chi connectivity index (χ4n) is 1.53. The molecule has 8 nitrogen and oxygen atoms in total. The third kappa shape index (κ3) is 2.57. The van der Waals surface area contributed by atoms with Crippen molar-refractivity contribution < 1.29 is 10.2 Å². The molecular formula is C11H14N6O2. The zero-order chi connectivity index (χ0) is 14.0. The molecule has 0 bridgehead atoms. The number of aryl methyl sites for hydroxylation is 2. The van der Waals surface area contributed by atoms with E-state index in [1.165, 1.54) is 23.0 Å². The number of benzene rings is 1. The highest BCUT2D eigenvalue weighted by atomic mass is 16.3. The van der Waals surface area contributed by atoms with E-state index in [2.05, 4.69) is 20.7 Å². The number of nitrogen functional groups attached to an aromatic ring is 1. The van der Waals surface area contributed by atoms with Gasteiger partial charge in [-0.15, -0.1) is 10.2 Å². The third-order valence-electron chi connectivity index (χ3n) is 2.57. The molecule has 0 unspecified atom stereocenters. The van der Waals surface area contributed by atoms with Gasteiger partial charge in [0, 0.05) is 11.6 Å². The van der Waals surface area contributed by atoms with Crippen LogP contribution in [0.4, 0.5) is 5.95 Å². The molecule has 0 fully saturated rings. The number of phenols is 2. The highest BCUT2D eigenvalue weighted by Crippen LogP contribution is 2.25. The first-order chi connectivity index (χ1) is 8.99. The molecule has 0 saturated carbocycles. The van der Waals surface area contributed by atoms with Crippen LogP contribution in [-0.2, 0) is 0 Å². The van der Waals surface area contributed by atoms with E-state index in [0.29, 0.717) is 17.0 Å². The summed E-state index contributed by atoms with van der Waals surface area (Å²) >= 11 is 0. The average Bonchev–Trinajstić information content (AvgIpc) is 2.64. The topological polar surface area (TPSA) is 122 Å². The molecule has 1 heterocycles. The van der Waals surface area contributed by atoms with E-state index in [1.807, 2.05) is 0 Å². The molecule has 0 aliphatic heterocycles. The molecule has 8 heteroatoms. The molecular weight excluding hydrogens is 248 g/mol. The number of nitrogens with zero attached hydrogens (tertiary/aromatic N) is 4. The smallest absolute Gasteiger partial charge is 0.263 e. The maximum absolute atomic E-state index is 9.69. The third-order valence-corrected chi connectivity index (χ3v) is 2.57. The van der Waals surface area contributed by atoms with Crippen LogP contribution in [0.1, 0.15) is 17.0 Å². The summed E-state index contributed by atoms with van der Waals surface area (Å²) < 4.78 is 1.25. The summed E-state index contributed by atoms with van der Waals surface area (Å²) in [6.45, 7) is 3.45. The predicted molar refractivity (Wildman–Crippen MR) is 70.6 cm³/mol. The molecule has 0 atom stereocenters. The van der Waals surface area contributed by atoms with Gasteiger partial charge in [0.1, 0.15) is 11.5 Å². The number of nitrogens with one attached hydrogen (secondary N) is 1. The number of hydrogen-bond acceptors (Lipinski definition) is 7. The molecule has 0 saturated heterocycles. The van der Waals surface area contributed by atoms with Crippen molar-refractivity contribution in [3.8, 4) is 11.5 Å². The Bertz CT molecular complexity index is 611. The Hall–Kier alpha value is -2.77. The van der Waals surface area contributed by atoms with Crippen molar-refractivity contribution in [2.24, 2.45) is 5.10 Å². The van der Waals surface area contributed by atoms with Crippen molar-refractivity contribution in [3.05, 3.63) is 29.1 Å². The monoisotopic (exact) mass is 262 g/mol. The van der Waals surface area contributed by atoms with Crippen LogP contribution in [-0.4, -0.2) is 31.3 Å². The number of hydrogen-bond donors (Lipinski definition) is 4. The van der Waals surface area contributed by atoms with Crippen molar-refractivity contribution >= 4 is 12.2 Å². The molecule has 1 aromatic heterocycles. The van der Waals surface area contributed by atoms with Crippen molar-refractivity contribution in [2.45, 2.75) is 13.8 Å². The van der Waals surface area contributed by atoms with Crippen LogP contribution in [0.15, 0.2) is 17.2 Å². The highest BCUT2D eigenvalue weighted by Gasteiger charge is 2.06. The van der Waals surface area contributed by atoms with Gasteiger partial charge in [0.25, 0.3) is 5.95 Å². The number of hydrazone groups is 1. The number of aromatic hydroxyl groups is 2. The van der Waals surface area contributed by atoms with Crippen LogP contribution in [0.5, 0.6) is 11.5 Å². The van der Waals surface area contributed by atoms with E-state index >= 15 is 0 Å². The molecule has 0 radical (unpaired) electrons. The lowest BCUT2D eigenvalue weighted by atomic mass is 10.1. The van der Waals surface area contributed by atoms with Crippen molar-refractivity contribution in [3.63, 3.8) is 0 Å². The SMILES string of the molecule is Cc1cc(O)cc(O)c1C=NNc1nnc(C)n1N. The number of anilines is 1. The van der Waals surface area contributed by atoms with E-state index in [-0.39, 0.29) is 17.4 Å². The summed E-state index contributed by atoms with van der Waals surface area (Å²) in [5.41, 5.74) is 3.79. The fraction of sp³-hybridized carbons (Fsp3) is 0.182. The predicted octanol–water partition coefficient (Wildman–Crippen LogP) is 0.466. The van der Waals surface area contributed by atoms with Gasteiger partial charge in [-0.2, -0.15) is 5.10 Å². The van der Waals surface area contributed by atoms with Crippen molar-refractivity contribution in [1.82, 2.24) is 14.9 Å². The van der Waals surface area contributed by atoms with Gasteiger partial charge in [0.05, 0.1) is 6.21 Å². The zero-order valence-electron chi connectivity index (χ0n) is 10.5. The Balaban J connectivity index is 2.18. The second kappa shape index (κ2) is 4.84. The van der Waals surface area contributed by atoms with Crippen molar-refractivity contribution in [1.29, 1.82) is 0 Å². The molecule has 2 rings (SSSR count). The molecule has 19 heavy (non-hydrogen) atoms. The van der Waals surface area contributed by atoms with E-state index in [4.69, 9.17) is 5.84 Å². The van der Waals surface area contributed by atoms with Gasteiger partial charge in [-0.25, -0.2) is 10.1 Å². The minimum Gasteiger partial charge on any atom is -0.508 e. The summed E-state index contributed by atoms with van der Waals surface area (Å²) in [6.07, 6.45) is 1.41. The number of aromatic nitrogens is 3. The average molecular weight is 262 g/mol. The lowest BCUT2D eigenvalue weighted by Gasteiger charge is -2.04. The van der Waals surface area contributed by atoms with Crippen LogP contribution in [0.2, 0.25) is 0 Å². The Labute approximate surface area is 109 Å². The van der Waals surface area contributed by atoms with Gasteiger partial charge in [-0.3, -0.25) is 0 Å². The molecule has 1 aromatic carbocycles. The number of nitrogens with two attached hydrogens (primary N) is 1. The zero-order valence-corrected chi connectivity index (χ0v) is 10.5. The molecule has 0 amide bonds. The first-order valence-corrected chi connectivity index (χ1v) is 5.48. The minimum absolute atomic E-state index is 0.00237. The summed E-state index contributed by atoms with van der Waals surface area (Å²) in [5.74, 6) is 6.40. The molecule has 5 N–H and O–H groups in total. The van der Waals surface area contributed by atoms with E-state index in [9.17, 15) is 10.2 Å². The normalized spacial score (nSPS) is 11.1. The van der Waals surface area contributed by atoms with Crippen molar-refractivity contribution in [2.75, 3.05) is 11.3 Å². The second-order valence-electron chi connectivity index (χ2n) is 4.01. The van der Waals surface area contributed by atoms with Gasteiger partial charge in [0.2, 0.25) is 0 Å². The Morgan fingerprint density at radius 2 is 2.05 bits per heavy atom.